The highest BCUT2D eigenvalue weighted by Crippen LogP contribution is 2.66. The third-order valence-corrected chi connectivity index (χ3v) is 11.2. The maximum atomic E-state index is 9.30. The van der Waals surface area contributed by atoms with Crippen LogP contribution in [-0.4, -0.2) is 0 Å². The van der Waals surface area contributed by atoms with Crippen molar-refractivity contribution in [1.29, 1.82) is 0 Å². The molecule has 0 aliphatic heterocycles. The first-order valence-electron chi connectivity index (χ1n) is 21.0. The minimum absolute atomic E-state index is 0.0535. The first-order valence-corrected chi connectivity index (χ1v) is 18.5. The van der Waals surface area contributed by atoms with Crippen molar-refractivity contribution in [3.05, 3.63) is 235 Å². The van der Waals surface area contributed by atoms with Crippen LogP contribution in [0.2, 0.25) is 0 Å². The Morgan fingerprint density at radius 3 is 1.53 bits per heavy atom. The first kappa shape index (κ1) is 26.6. The molecule has 2 aliphatic carbocycles. The molecule has 0 fully saturated rings. The van der Waals surface area contributed by atoms with E-state index in [1.165, 1.54) is 11.1 Å². The van der Waals surface area contributed by atoms with Crippen molar-refractivity contribution in [3.63, 3.8) is 0 Å². The molecule has 8 aromatic carbocycles. The molecule has 0 bridgehead atoms. The minimum atomic E-state index is -0.740. The van der Waals surface area contributed by atoms with E-state index in [1.54, 1.807) is 0 Å². The zero-order valence-corrected chi connectivity index (χ0v) is 29.7. The van der Waals surface area contributed by atoms with Crippen LogP contribution in [0.15, 0.2) is 217 Å². The maximum Gasteiger partial charge on any atom is 0.142 e. The highest BCUT2D eigenvalue weighted by atomic mass is 16.3. The lowest BCUT2D eigenvalue weighted by Gasteiger charge is -2.28. The molecule has 258 valence electrons. The summed E-state index contributed by atoms with van der Waals surface area (Å²) < 4.78 is 52.1. The first-order chi connectivity index (χ1) is 29.4. The molecule has 0 N–H and O–H groups in total. The maximum absolute atomic E-state index is 9.30. The Bertz CT molecular complexity index is 3080. The molecule has 2 heteroatoms. The van der Waals surface area contributed by atoms with Crippen LogP contribution in [0.3, 0.4) is 0 Å². The summed E-state index contributed by atoms with van der Waals surface area (Å²) in [5.74, 6) is 1.51. The summed E-state index contributed by atoms with van der Waals surface area (Å²) in [7, 11) is 0. The zero-order chi connectivity index (χ0) is 40.7. The van der Waals surface area contributed by atoms with Crippen LogP contribution >= 0.6 is 0 Å². The standard InChI is InChI=1S/C53H35NO/c1-4-18-36(19-5-1)37-32-34-40(35-33-37)54(39-22-8-3-9-23-39)48-31-17-13-27-44(48)49-50-43-26-12-16-30-47(43)53(52(50)55-51(49)38-20-6-2-7-21-38)45-28-14-10-24-41(45)42-25-11-15-29-46(42)53/h1-35H/i3D,8D,9D,22D,23D. The van der Waals surface area contributed by atoms with E-state index in [0.717, 1.165) is 61.4 Å². The highest BCUT2D eigenvalue weighted by molar-refractivity contribution is 6.05. The Labute approximate surface area is 328 Å². The average Bonchev–Trinajstić information content (AvgIpc) is 3.94. The van der Waals surface area contributed by atoms with Gasteiger partial charge in [0.1, 0.15) is 16.9 Å². The Kier molecular flexibility index (Phi) is 6.03. The van der Waals surface area contributed by atoms with Crippen molar-refractivity contribution in [2.45, 2.75) is 5.41 Å². The van der Waals surface area contributed by atoms with Crippen molar-refractivity contribution in [2.75, 3.05) is 4.90 Å². The van der Waals surface area contributed by atoms with E-state index < -0.39 is 23.5 Å². The molecule has 9 aromatic rings. The van der Waals surface area contributed by atoms with Gasteiger partial charge >= 0.3 is 0 Å². The molecule has 2 aliphatic rings. The Morgan fingerprint density at radius 2 is 0.891 bits per heavy atom. The summed E-state index contributed by atoms with van der Waals surface area (Å²) in [5, 5.41) is 0. The molecular formula is C53H35NO. The SMILES string of the molecule is [2H]c1c([2H])c([2H])c(N(c2ccc(-c3ccccc3)cc2)c2ccccc2-c2c(-c3ccccc3)oc3c2-c2ccccc2C32c3ccccc3-c3ccccc32)c([2H])c1[2H]. The number of hydrogen-bond donors (Lipinski definition) is 0. The van der Waals surface area contributed by atoms with E-state index >= 15 is 0 Å². The van der Waals surface area contributed by atoms with E-state index in [-0.39, 0.29) is 17.8 Å². The molecule has 0 radical (unpaired) electrons. The van der Waals surface area contributed by atoms with Gasteiger partial charge in [-0.25, -0.2) is 0 Å². The van der Waals surface area contributed by atoms with E-state index in [0.29, 0.717) is 17.1 Å². The van der Waals surface area contributed by atoms with Crippen LogP contribution in [0.1, 0.15) is 29.3 Å². The monoisotopic (exact) mass is 706 g/mol. The van der Waals surface area contributed by atoms with Crippen LogP contribution in [0.25, 0.3) is 55.8 Å². The average molecular weight is 707 g/mol. The number of nitrogens with zero attached hydrogens (tertiary/aromatic N) is 1. The van der Waals surface area contributed by atoms with E-state index in [9.17, 15) is 2.74 Å². The van der Waals surface area contributed by atoms with E-state index in [2.05, 4.69) is 91.0 Å². The highest BCUT2D eigenvalue weighted by Gasteiger charge is 2.55. The van der Waals surface area contributed by atoms with Gasteiger partial charge in [-0.2, -0.15) is 0 Å². The van der Waals surface area contributed by atoms with Crippen LogP contribution in [-0.2, 0) is 5.41 Å². The second kappa shape index (κ2) is 12.5. The topological polar surface area (TPSA) is 16.4 Å². The van der Waals surface area contributed by atoms with E-state index in [4.69, 9.17) is 8.53 Å². The van der Waals surface area contributed by atoms with Crippen molar-refractivity contribution >= 4 is 17.1 Å². The predicted molar refractivity (Wildman–Crippen MR) is 226 cm³/mol. The largest absolute Gasteiger partial charge is 0.458 e. The second-order valence-corrected chi connectivity index (χ2v) is 14.0. The summed E-state index contributed by atoms with van der Waals surface area (Å²) >= 11 is 0. The quantitative estimate of drug-likeness (QED) is 0.171. The van der Waals surface area contributed by atoms with Crippen LogP contribution < -0.4 is 4.90 Å². The summed E-state index contributed by atoms with van der Waals surface area (Å²) in [6.07, 6.45) is 0. The molecule has 1 spiro atoms. The summed E-state index contributed by atoms with van der Waals surface area (Å²) in [5.41, 5.74) is 13.0. The molecule has 2 nitrogen and oxygen atoms in total. The summed E-state index contributed by atoms with van der Waals surface area (Å²) in [6, 6.07) is 60.0. The minimum Gasteiger partial charge on any atom is -0.458 e. The predicted octanol–water partition coefficient (Wildman–Crippen LogP) is 14.1. The van der Waals surface area contributed by atoms with Crippen molar-refractivity contribution in [3.8, 4) is 55.8 Å². The second-order valence-electron chi connectivity index (χ2n) is 14.0. The fourth-order valence-corrected chi connectivity index (χ4v) is 8.98. The number of furan rings is 1. The molecule has 0 atom stereocenters. The summed E-state index contributed by atoms with van der Waals surface area (Å²) in [4.78, 5) is 1.81. The van der Waals surface area contributed by atoms with Crippen molar-refractivity contribution < 1.29 is 11.3 Å². The van der Waals surface area contributed by atoms with Gasteiger partial charge in [-0.3, -0.25) is 0 Å². The van der Waals surface area contributed by atoms with Gasteiger partial charge in [-0.15, -0.1) is 0 Å². The van der Waals surface area contributed by atoms with Crippen molar-refractivity contribution in [1.82, 2.24) is 0 Å². The molecule has 0 saturated carbocycles. The van der Waals surface area contributed by atoms with E-state index in [1.807, 2.05) is 95.9 Å². The Hall–Kier alpha value is -7.16. The Balaban J connectivity index is 1.24. The fourth-order valence-electron chi connectivity index (χ4n) is 8.98. The lowest BCUT2D eigenvalue weighted by Crippen LogP contribution is -2.25. The number of anilines is 3. The fraction of sp³-hybridized carbons (Fsp3) is 0.0189. The molecule has 0 saturated heterocycles. The van der Waals surface area contributed by atoms with Crippen molar-refractivity contribution in [2.24, 2.45) is 0 Å². The lowest BCUT2D eigenvalue weighted by molar-refractivity contribution is 0.485. The van der Waals surface area contributed by atoms with Crippen LogP contribution in [0.4, 0.5) is 17.1 Å². The number of benzene rings is 8. The molecule has 1 heterocycles. The van der Waals surface area contributed by atoms with Gasteiger partial charge in [0.2, 0.25) is 0 Å². The van der Waals surface area contributed by atoms with Gasteiger partial charge in [0.05, 0.1) is 12.5 Å². The van der Waals surface area contributed by atoms with Gasteiger partial charge in [0, 0.05) is 33.6 Å². The van der Waals surface area contributed by atoms with Crippen LogP contribution in [0.5, 0.6) is 0 Å². The van der Waals surface area contributed by atoms with Gasteiger partial charge in [-0.05, 0) is 74.8 Å². The Morgan fingerprint density at radius 1 is 0.400 bits per heavy atom. The molecular weight excluding hydrogens is 667 g/mol. The molecule has 1 aromatic heterocycles. The molecule has 11 rings (SSSR count). The third-order valence-electron chi connectivity index (χ3n) is 11.2. The van der Waals surface area contributed by atoms with Gasteiger partial charge < -0.3 is 9.32 Å². The van der Waals surface area contributed by atoms with Gasteiger partial charge in [0.25, 0.3) is 0 Å². The smallest absolute Gasteiger partial charge is 0.142 e. The number of rotatable bonds is 6. The molecule has 0 unspecified atom stereocenters. The molecule has 0 amide bonds. The number of fused-ring (bicyclic) bond motifs is 10. The third kappa shape index (κ3) is 4.62. The normalized spacial score (nSPS) is 14.1. The van der Waals surface area contributed by atoms with Gasteiger partial charge in [-0.1, -0.05) is 182 Å². The molecule has 55 heavy (non-hydrogen) atoms. The number of hydrogen-bond acceptors (Lipinski definition) is 2. The van der Waals surface area contributed by atoms with Crippen LogP contribution in [0, 0.1) is 0 Å². The number of para-hydroxylation sites is 2. The lowest BCUT2D eigenvalue weighted by atomic mass is 9.73. The van der Waals surface area contributed by atoms with Gasteiger partial charge in [0.15, 0.2) is 0 Å². The summed E-state index contributed by atoms with van der Waals surface area (Å²) in [6.45, 7) is 0. The zero-order valence-electron chi connectivity index (χ0n) is 34.7.